The molecule has 5 unspecified atom stereocenters. The van der Waals surface area contributed by atoms with Gasteiger partial charge in [-0.05, 0) is 32.9 Å². The minimum atomic E-state index is -4.12. The number of halogens is 2. The van der Waals surface area contributed by atoms with Crippen molar-refractivity contribution in [2.45, 2.75) is 51.3 Å². The van der Waals surface area contributed by atoms with E-state index in [0.29, 0.717) is 0 Å². The number of carbonyl (C=O) groups is 1. The van der Waals surface area contributed by atoms with Gasteiger partial charge in [0.2, 0.25) is 0 Å². The van der Waals surface area contributed by atoms with Crippen molar-refractivity contribution in [2.24, 2.45) is 0 Å². The normalized spacial score (nSPS) is 30.8. The molecule has 1 aromatic rings. The predicted octanol–water partition coefficient (Wildman–Crippen LogP) is 3.98. The van der Waals surface area contributed by atoms with E-state index in [4.69, 9.17) is 38.8 Å². The number of nitrogens with one attached hydrogen (secondary N) is 1. The molecule has 2 aliphatic heterocycles. The molecule has 2 aliphatic rings. The first-order valence-corrected chi connectivity index (χ1v) is 13.4. The van der Waals surface area contributed by atoms with Gasteiger partial charge in [0, 0.05) is 17.3 Å². The summed E-state index contributed by atoms with van der Waals surface area (Å²) in [6.45, 7) is 0.437. The number of phosphoric ester groups is 1. The zero-order valence-electron chi connectivity index (χ0n) is 16.9. The second-order valence-corrected chi connectivity index (χ2v) is 11.5. The summed E-state index contributed by atoms with van der Waals surface area (Å²) < 4.78 is 70.1. The molecule has 0 bridgehead atoms. The van der Waals surface area contributed by atoms with E-state index >= 15 is 0 Å². The molecule has 3 rings (SSSR count). The van der Waals surface area contributed by atoms with E-state index in [0.717, 1.165) is 0 Å². The van der Waals surface area contributed by atoms with Gasteiger partial charge >= 0.3 is 20.7 Å². The van der Waals surface area contributed by atoms with Crippen LogP contribution < -0.4 is 14.1 Å². The number of phosphoric acid groups is 1. The molecular formula is C17H23ClFNO9P2. The number of hydrogen-bond donors (Lipinski definition) is 1. The molecule has 0 aliphatic carbocycles. The predicted molar refractivity (Wildman–Crippen MR) is 108 cm³/mol. The SMILES string of the molecule is CC(C)OC(=O)[C@H](C)NP(=O)(Cl)Oc1cccc(OP2(=O)OCC3OCC(F)C3O2)c1. The Hall–Kier alpha value is -1.19. The number of benzene rings is 1. The van der Waals surface area contributed by atoms with E-state index in [1.807, 2.05) is 0 Å². The molecule has 1 N–H and O–H groups in total. The smallest absolute Gasteiger partial charge is 0.462 e. The summed E-state index contributed by atoms with van der Waals surface area (Å²) in [5.41, 5.74) is 0. The molecule has 0 aromatic heterocycles. The summed E-state index contributed by atoms with van der Waals surface area (Å²) >= 11 is 5.91. The van der Waals surface area contributed by atoms with Gasteiger partial charge in [-0.25, -0.2) is 18.6 Å². The molecule has 0 radical (unpaired) electrons. The second-order valence-electron chi connectivity index (χ2n) is 7.17. The summed E-state index contributed by atoms with van der Waals surface area (Å²) in [6.07, 6.45) is -3.52. The molecule has 14 heteroatoms. The van der Waals surface area contributed by atoms with Gasteiger partial charge in [0.05, 0.1) is 19.3 Å². The second kappa shape index (κ2) is 9.75. The van der Waals surface area contributed by atoms with Crippen molar-refractivity contribution in [3.8, 4) is 11.5 Å². The van der Waals surface area contributed by atoms with E-state index < -0.39 is 45.1 Å². The molecule has 6 atom stereocenters. The maximum Gasteiger partial charge on any atom is 0.530 e. The molecule has 0 spiro atoms. The van der Waals surface area contributed by atoms with Crippen LogP contribution in [0.25, 0.3) is 0 Å². The van der Waals surface area contributed by atoms with Crippen LogP contribution in [0.5, 0.6) is 11.5 Å². The maximum absolute atomic E-state index is 13.8. The zero-order chi connectivity index (χ0) is 22.8. The first-order chi connectivity index (χ1) is 14.5. The van der Waals surface area contributed by atoms with Crippen LogP contribution in [0.3, 0.4) is 0 Å². The standard InChI is InChI=1S/C17H23ClFNO9P2/c1-10(2)26-17(21)11(3)20-30(18,22)27-12-5-4-6-13(7-12)28-31(23)25-9-15-16(29-31)14(19)8-24-15/h4-7,10-11,14-16H,8-9H2,1-3H3,(H,20,22)/t11-,14?,15?,16?,30?,31?/m0/s1. The molecule has 2 saturated heterocycles. The Bertz CT molecular complexity index is 904. The fraction of sp³-hybridized carbons (Fsp3) is 0.588. The molecule has 2 heterocycles. The molecule has 174 valence electrons. The Kier molecular flexibility index (Phi) is 7.69. The van der Waals surface area contributed by atoms with Crippen LogP contribution in [0.4, 0.5) is 4.39 Å². The largest absolute Gasteiger partial charge is 0.530 e. The van der Waals surface area contributed by atoms with Crippen LogP contribution in [-0.4, -0.2) is 49.7 Å². The Morgan fingerprint density at radius 3 is 2.74 bits per heavy atom. The minimum absolute atomic E-state index is 0.0122. The lowest BCUT2D eigenvalue weighted by Gasteiger charge is -2.30. The first kappa shape index (κ1) is 24.5. The topological polar surface area (TPSA) is 119 Å². The van der Waals surface area contributed by atoms with Crippen molar-refractivity contribution >= 4 is 31.9 Å². The quantitative estimate of drug-likeness (QED) is 0.414. The average molecular weight is 502 g/mol. The van der Waals surface area contributed by atoms with Gasteiger partial charge < -0.3 is 18.5 Å². The monoisotopic (exact) mass is 501 g/mol. The Morgan fingerprint density at radius 2 is 2.03 bits per heavy atom. The highest BCUT2D eigenvalue weighted by atomic mass is 35.7. The number of ether oxygens (including phenoxy) is 2. The molecule has 31 heavy (non-hydrogen) atoms. The van der Waals surface area contributed by atoms with Crippen LogP contribution in [0.2, 0.25) is 0 Å². The summed E-state index contributed by atoms with van der Waals surface area (Å²) in [4.78, 5) is 11.9. The lowest BCUT2D eigenvalue weighted by molar-refractivity contribution is -0.149. The fourth-order valence-electron chi connectivity index (χ4n) is 2.80. The lowest BCUT2D eigenvalue weighted by atomic mass is 10.2. The highest BCUT2D eigenvalue weighted by Crippen LogP contribution is 2.56. The summed E-state index contributed by atoms with van der Waals surface area (Å²) in [5.74, 6) is -0.680. The van der Waals surface area contributed by atoms with Gasteiger partial charge in [-0.2, -0.15) is 0 Å². The molecule has 10 nitrogen and oxygen atoms in total. The third-order valence-electron chi connectivity index (χ3n) is 4.14. The van der Waals surface area contributed by atoms with E-state index in [2.05, 4.69) is 5.09 Å². The molecule has 0 amide bonds. The van der Waals surface area contributed by atoms with Crippen LogP contribution in [0.1, 0.15) is 20.8 Å². The molecule has 1 aromatic carbocycles. The van der Waals surface area contributed by atoms with Crippen molar-refractivity contribution < 1.29 is 45.9 Å². The van der Waals surface area contributed by atoms with Crippen LogP contribution >= 0.6 is 25.9 Å². The number of esters is 1. The van der Waals surface area contributed by atoms with Crippen LogP contribution in [0.15, 0.2) is 24.3 Å². The zero-order valence-corrected chi connectivity index (χ0v) is 19.5. The third-order valence-corrected chi connectivity index (χ3v) is 7.18. The molecule has 0 saturated carbocycles. The van der Waals surface area contributed by atoms with Crippen molar-refractivity contribution in [1.29, 1.82) is 0 Å². The highest BCUT2D eigenvalue weighted by Gasteiger charge is 2.50. The molecular weight excluding hydrogens is 479 g/mol. The fourth-order valence-corrected chi connectivity index (χ4v) is 5.91. The first-order valence-electron chi connectivity index (χ1n) is 9.42. The minimum Gasteiger partial charge on any atom is -0.462 e. The van der Waals surface area contributed by atoms with Crippen LogP contribution in [-0.2, 0) is 32.4 Å². The number of fused-ring (bicyclic) bond motifs is 1. The Balaban J connectivity index is 1.63. The van der Waals surface area contributed by atoms with Gasteiger partial charge in [-0.3, -0.25) is 13.8 Å². The van der Waals surface area contributed by atoms with Gasteiger partial charge in [0.15, 0.2) is 6.17 Å². The summed E-state index contributed by atoms with van der Waals surface area (Å²) in [5, 5.41) is 2.37. The van der Waals surface area contributed by atoms with E-state index in [1.54, 1.807) is 13.8 Å². The van der Waals surface area contributed by atoms with Crippen molar-refractivity contribution in [2.75, 3.05) is 13.2 Å². The Morgan fingerprint density at radius 1 is 1.32 bits per heavy atom. The van der Waals surface area contributed by atoms with E-state index in [1.165, 1.54) is 31.2 Å². The summed E-state index contributed by atoms with van der Waals surface area (Å²) in [7, 11) is -4.12. The van der Waals surface area contributed by atoms with E-state index in [-0.39, 0.29) is 30.8 Å². The number of alkyl halides is 1. The van der Waals surface area contributed by atoms with Gasteiger partial charge in [0.1, 0.15) is 29.7 Å². The highest BCUT2D eigenvalue weighted by molar-refractivity contribution is 7.84. The maximum atomic E-state index is 13.8. The van der Waals surface area contributed by atoms with Gasteiger partial charge in [0.25, 0.3) is 0 Å². The Labute approximate surface area is 183 Å². The number of carbonyl (C=O) groups excluding carboxylic acids is 1. The number of rotatable bonds is 8. The van der Waals surface area contributed by atoms with Crippen molar-refractivity contribution in [1.82, 2.24) is 5.09 Å². The van der Waals surface area contributed by atoms with Gasteiger partial charge in [-0.1, -0.05) is 6.07 Å². The van der Waals surface area contributed by atoms with Crippen molar-refractivity contribution in [3.63, 3.8) is 0 Å². The summed E-state index contributed by atoms with van der Waals surface area (Å²) in [6, 6.07) is 4.52. The van der Waals surface area contributed by atoms with Gasteiger partial charge in [-0.15, -0.1) is 0 Å². The average Bonchev–Trinajstić information content (AvgIpc) is 3.00. The van der Waals surface area contributed by atoms with E-state index in [9.17, 15) is 18.3 Å². The molecule has 2 fully saturated rings. The number of hydrogen-bond acceptors (Lipinski definition) is 9. The van der Waals surface area contributed by atoms with Crippen LogP contribution in [0, 0.1) is 0 Å². The third kappa shape index (κ3) is 6.65. The van der Waals surface area contributed by atoms with Crippen molar-refractivity contribution in [3.05, 3.63) is 24.3 Å². The lowest BCUT2D eigenvalue weighted by Crippen LogP contribution is -2.38.